The quantitative estimate of drug-likeness (QED) is 0.0382. The number of nitrogens with zero attached hydrogens (tertiary/aromatic N) is 1. The molecule has 0 aromatic heterocycles. The van der Waals surface area contributed by atoms with Crippen LogP contribution in [0.2, 0.25) is 0 Å². The molecule has 0 aliphatic carbocycles. The van der Waals surface area contributed by atoms with Gasteiger partial charge in [0.2, 0.25) is 29.5 Å². The van der Waals surface area contributed by atoms with E-state index in [1.54, 1.807) is 0 Å². The summed E-state index contributed by atoms with van der Waals surface area (Å²) < 4.78 is 0. The number of carbonyl (C=O) groups excluding carboxylic acids is 5. The Bertz CT molecular complexity index is 938. The Labute approximate surface area is 223 Å². The van der Waals surface area contributed by atoms with Gasteiger partial charge in [-0.15, -0.1) is 0 Å². The second kappa shape index (κ2) is 17.9. The molecule has 0 saturated carbocycles. The number of aliphatic carboxylic acids is 2. The number of carboxylic acids is 2. The minimum Gasteiger partial charge on any atom is -0.481 e. The van der Waals surface area contributed by atoms with Gasteiger partial charge in [0.15, 0.2) is 5.96 Å². The van der Waals surface area contributed by atoms with Crippen molar-refractivity contribution in [2.24, 2.45) is 33.7 Å². The third-order valence-corrected chi connectivity index (χ3v) is 5.19. The van der Waals surface area contributed by atoms with E-state index in [2.05, 4.69) is 20.9 Å². The normalized spacial score (nSPS) is 13.6. The molecule has 0 aromatic rings. The first-order valence-electron chi connectivity index (χ1n) is 11.9. The van der Waals surface area contributed by atoms with Gasteiger partial charge in [-0.25, -0.2) is 4.79 Å². The summed E-state index contributed by atoms with van der Waals surface area (Å²) in [4.78, 5) is 86.7. The van der Waals surface area contributed by atoms with E-state index in [0.29, 0.717) is 0 Å². The number of carboxylic acid groups (broad SMARTS) is 2. The first-order valence-corrected chi connectivity index (χ1v) is 11.9. The van der Waals surface area contributed by atoms with Crippen LogP contribution in [-0.4, -0.2) is 88.4 Å². The highest BCUT2D eigenvalue weighted by molar-refractivity contribution is 5.94. The molecular formula is C21H37N9O9. The number of nitrogens with one attached hydrogen (secondary N) is 3. The van der Waals surface area contributed by atoms with Crippen LogP contribution < -0.4 is 44.6 Å². The fraction of sp³-hybridized carbons (Fsp3) is 0.619. The summed E-state index contributed by atoms with van der Waals surface area (Å²) in [5.41, 5.74) is 26.4. The number of amides is 5. The maximum Gasteiger partial charge on any atom is 0.326 e. The number of aliphatic imine (C=N–C) groups is 1. The van der Waals surface area contributed by atoms with Crippen LogP contribution in [0.25, 0.3) is 0 Å². The first kappa shape index (κ1) is 34.5. The summed E-state index contributed by atoms with van der Waals surface area (Å²) >= 11 is 0. The Hall–Kier alpha value is -4.48. The average molecular weight is 560 g/mol. The van der Waals surface area contributed by atoms with E-state index < -0.39 is 78.5 Å². The second-order valence-electron chi connectivity index (χ2n) is 8.52. The Morgan fingerprint density at radius 3 is 1.59 bits per heavy atom. The van der Waals surface area contributed by atoms with Crippen LogP contribution in [0.15, 0.2) is 4.99 Å². The van der Waals surface area contributed by atoms with Gasteiger partial charge in [-0.3, -0.25) is 33.8 Å². The van der Waals surface area contributed by atoms with Crippen molar-refractivity contribution >= 4 is 47.4 Å². The maximum absolute atomic E-state index is 13.0. The topological polar surface area (TPSA) is 338 Å². The van der Waals surface area contributed by atoms with Crippen molar-refractivity contribution in [2.45, 2.75) is 75.5 Å². The molecule has 0 rings (SSSR count). The molecule has 0 heterocycles. The van der Waals surface area contributed by atoms with Gasteiger partial charge in [-0.2, -0.15) is 0 Å². The standard InChI is InChI=1S/C21H37N9O9/c22-10(3-6-14(23)31)17(35)28-12(4-7-15(24)32)19(37)29-11(2-1-9-27-21(25)26)18(36)30-13(20(38)39)5-8-16(33)34/h10-13H,1-9,22H2,(H2,23,31)(H2,24,32)(H,28,35)(H,29,37)(H,30,36)(H,33,34)(H,38,39)(H4,25,26,27). The molecule has 15 N–H and O–H groups in total. The van der Waals surface area contributed by atoms with Gasteiger partial charge in [0.1, 0.15) is 18.1 Å². The Morgan fingerprint density at radius 1 is 0.641 bits per heavy atom. The molecule has 18 heteroatoms. The Kier molecular flexibility index (Phi) is 15.8. The number of nitrogens with two attached hydrogens (primary N) is 5. The first-order chi connectivity index (χ1) is 18.1. The van der Waals surface area contributed by atoms with Crippen LogP contribution in [0.4, 0.5) is 0 Å². The highest BCUT2D eigenvalue weighted by Crippen LogP contribution is 2.06. The van der Waals surface area contributed by atoms with Crippen LogP contribution in [-0.2, 0) is 33.6 Å². The minimum atomic E-state index is -1.57. The fourth-order valence-electron chi connectivity index (χ4n) is 3.11. The lowest BCUT2D eigenvalue weighted by Gasteiger charge is -2.25. The third-order valence-electron chi connectivity index (χ3n) is 5.19. The number of carbonyl (C=O) groups is 7. The summed E-state index contributed by atoms with van der Waals surface area (Å²) in [5.74, 6) is -7.19. The van der Waals surface area contributed by atoms with E-state index in [1.165, 1.54) is 0 Å². The zero-order valence-electron chi connectivity index (χ0n) is 21.3. The van der Waals surface area contributed by atoms with Gasteiger partial charge < -0.3 is 54.8 Å². The molecule has 0 aliphatic rings. The second-order valence-corrected chi connectivity index (χ2v) is 8.52. The van der Waals surface area contributed by atoms with E-state index in [9.17, 15) is 38.7 Å². The lowest BCUT2D eigenvalue weighted by atomic mass is 10.0. The molecule has 4 atom stereocenters. The molecular weight excluding hydrogens is 522 g/mol. The van der Waals surface area contributed by atoms with Crippen LogP contribution in [0.1, 0.15) is 51.4 Å². The molecule has 0 saturated heterocycles. The molecule has 4 unspecified atom stereocenters. The van der Waals surface area contributed by atoms with Crippen LogP contribution >= 0.6 is 0 Å². The van der Waals surface area contributed by atoms with E-state index in [4.69, 9.17) is 33.8 Å². The van der Waals surface area contributed by atoms with Gasteiger partial charge in [-0.1, -0.05) is 0 Å². The molecule has 18 nitrogen and oxygen atoms in total. The van der Waals surface area contributed by atoms with Gasteiger partial charge in [0, 0.05) is 25.8 Å². The third kappa shape index (κ3) is 16.1. The van der Waals surface area contributed by atoms with Crippen molar-refractivity contribution in [2.75, 3.05) is 6.54 Å². The summed E-state index contributed by atoms with van der Waals surface area (Å²) in [5, 5.41) is 25.0. The van der Waals surface area contributed by atoms with Gasteiger partial charge in [0.25, 0.3) is 0 Å². The van der Waals surface area contributed by atoms with E-state index >= 15 is 0 Å². The smallest absolute Gasteiger partial charge is 0.326 e. The molecule has 0 aromatic carbocycles. The fourth-order valence-corrected chi connectivity index (χ4v) is 3.11. The summed E-state index contributed by atoms with van der Waals surface area (Å²) in [6, 6.07) is -5.54. The number of hydrogen-bond donors (Lipinski definition) is 10. The summed E-state index contributed by atoms with van der Waals surface area (Å²) in [6.45, 7) is 0.0555. The molecule has 0 aliphatic heterocycles. The molecule has 5 amide bonds. The van der Waals surface area contributed by atoms with E-state index in [-0.39, 0.29) is 51.0 Å². The monoisotopic (exact) mass is 559 g/mol. The van der Waals surface area contributed by atoms with Crippen molar-refractivity contribution < 1.29 is 43.8 Å². The predicted octanol–water partition coefficient (Wildman–Crippen LogP) is -4.70. The van der Waals surface area contributed by atoms with Crippen molar-refractivity contribution in [3.05, 3.63) is 0 Å². The maximum atomic E-state index is 13.0. The lowest BCUT2D eigenvalue weighted by Crippen LogP contribution is -2.57. The van der Waals surface area contributed by atoms with Gasteiger partial charge in [0.05, 0.1) is 6.04 Å². The predicted molar refractivity (Wildman–Crippen MR) is 135 cm³/mol. The Balaban J connectivity index is 5.72. The molecule has 220 valence electrons. The van der Waals surface area contributed by atoms with Gasteiger partial charge in [-0.05, 0) is 32.1 Å². The van der Waals surface area contributed by atoms with E-state index in [1.807, 2.05) is 0 Å². The molecule has 0 fully saturated rings. The molecule has 0 spiro atoms. The van der Waals surface area contributed by atoms with Crippen LogP contribution in [0.5, 0.6) is 0 Å². The van der Waals surface area contributed by atoms with Crippen molar-refractivity contribution in [1.82, 2.24) is 16.0 Å². The molecule has 0 bridgehead atoms. The summed E-state index contributed by atoms with van der Waals surface area (Å²) in [7, 11) is 0. The minimum absolute atomic E-state index is 0.0555. The average Bonchev–Trinajstić information content (AvgIpc) is 2.83. The van der Waals surface area contributed by atoms with Crippen LogP contribution in [0.3, 0.4) is 0 Å². The largest absolute Gasteiger partial charge is 0.481 e. The van der Waals surface area contributed by atoms with Gasteiger partial charge >= 0.3 is 11.9 Å². The zero-order chi connectivity index (χ0) is 30.1. The van der Waals surface area contributed by atoms with Crippen molar-refractivity contribution in [3.8, 4) is 0 Å². The lowest BCUT2D eigenvalue weighted by molar-refractivity contribution is -0.143. The highest BCUT2D eigenvalue weighted by atomic mass is 16.4. The highest BCUT2D eigenvalue weighted by Gasteiger charge is 2.30. The van der Waals surface area contributed by atoms with Crippen LogP contribution in [0, 0.1) is 0 Å². The number of primary amides is 2. The Morgan fingerprint density at radius 2 is 1.10 bits per heavy atom. The van der Waals surface area contributed by atoms with Crippen molar-refractivity contribution in [3.63, 3.8) is 0 Å². The SMILES string of the molecule is NC(=O)CCC(N)C(=O)NC(CCC(N)=O)C(=O)NC(CCCN=C(N)N)C(=O)NC(CCC(=O)O)C(=O)O. The van der Waals surface area contributed by atoms with E-state index in [0.717, 1.165) is 0 Å². The number of rotatable bonds is 20. The number of guanidine groups is 1. The summed E-state index contributed by atoms with van der Waals surface area (Å²) in [6.07, 6.45) is -1.82. The molecule has 39 heavy (non-hydrogen) atoms. The molecule has 0 radical (unpaired) electrons. The number of hydrogen-bond acceptors (Lipinski definition) is 9. The van der Waals surface area contributed by atoms with Crippen molar-refractivity contribution in [1.29, 1.82) is 0 Å². The zero-order valence-corrected chi connectivity index (χ0v) is 21.3.